The van der Waals surface area contributed by atoms with E-state index in [0.29, 0.717) is 21.6 Å². The molecular formula is C18H12ClFN4OS. The fraction of sp³-hybridized carbons (Fsp3) is 0.0556. The average molecular weight is 387 g/mol. The molecule has 0 bridgehead atoms. The van der Waals surface area contributed by atoms with Gasteiger partial charge in [0, 0.05) is 16.3 Å². The third kappa shape index (κ3) is 3.36. The molecule has 0 aliphatic rings. The summed E-state index contributed by atoms with van der Waals surface area (Å²) in [7, 11) is 0. The Labute approximate surface area is 156 Å². The van der Waals surface area contributed by atoms with Crippen LogP contribution in [0.2, 0.25) is 5.02 Å². The van der Waals surface area contributed by atoms with E-state index in [0.717, 1.165) is 16.7 Å². The number of nitrogens with zero attached hydrogens (tertiary/aromatic N) is 3. The lowest BCUT2D eigenvalue weighted by molar-refractivity contribution is 0.626. The summed E-state index contributed by atoms with van der Waals surface area (Å²) in [5.74, 6) is 0.196. The largest absolute Gasteiger partial charge is 0.350 e. The van der Waals surface area contributed by atoms with Gasteiger partial charge in [-0.1, -0.05) is 47.6 Å². The molecule has 0 saturated carbocycles. The van der Waals surface area contributed by atoms with Gasteiger partial charge in [-0.2, -0.15) is 9.61 Å². The topological polar surface area (TPSA) is 63.0 Å². The highest BCUT2D eigenvalue weighted by Crippen LogP contribution is 2.26. The molecule has 0 atom stereocenters. The zero-order valence-electron chi connectivity index (χ0n) is 13.3. The van der Waals surface area contributed by atoms with Crippen molar-refractivity contribution in [2.75, 3.05) is 0 Å². The Morgan fingerprint density at radius 2 is 2.00 bits per heavy atom. The number of H-pyrrole nitrogens is 1. The number of aromatic nitrogens is 4. The first-order chi connectivity index (χ1) is 12.6. The fourth-order valence-electron chi connectivity index (χ4n) is 2.55. The van der Waals surface area contributed by atoms with Gasteiger partial charge < -0.3 is 0 Å². The molecular weight excluding hydrogens is 375 g/mol. The van der Waals surface area contributed by atoms with Gasteiger partial charge in [-0.05, 0) is 35.4 Å². The Morgan fingerprint density at radius 3 is 2.77 bits per heavy atom. The quantitative estimate of drug-likeness (QED) is 0.535. The number of aromatic amines is 1. The number of fused-ring (bicyclic) bond motifs is 1. The summed E-state index contributed by atoms with van der Waals surface area (Å²) in [4.78, 5) is 19.5. The smallest absolute Gasteiger partial charge is 0.285 e. The Bertz CT molecular complexity index is 1140. The number of hydrogen-bond acceptors (Lipinski definition) is 4. The normalized spacial score (nSPS) is 11.2. The van der Waals surface area contributed by atoms with E-state index in [2.05, 4.69) is 15.1 Å². The molecule has 0 radical (unpaired) electrons. The number of nitrogens with one attached hydrogen (secondary N) is 1. The molecule has 130 valence electrons. The number of halogens is 2. The first kappa shape index (κ1) is 16.8. The lowest BCUT2D eigenvalue weighted by Gasteiger charge is -2.03. The molecule has 2 heterocycles. The predicted molar refractivity (Wildman–Crippen MR) is 100 cm³/mol. The van der Waals surface area contributed by atoms with E-state index in [1.54, 1.807) is 24.4 Å². The maximum atomic E-state index is 13.3. The zero-order chi connectivity index (χ0) is 18.1. The van der Waals surface area contributed by atoms with Crippen molar-refractivity contribution in [3.63, 3.8) is 0 Å². The van der Waals surface area contributed by atoms with E-state index in [9.17, 15) is 9.18 Å². The van der Waals surface area contributed by atoms with Gasteiger partial charge >= 0.3 is 5.69 Å². The number of thioether (sulfide) groups is 1. The van der Waals surface area contributed by atoms with Crippen LogP contribution in [0.5, 0.6) is 0 Å². The van der Waals surface area contributed by atoms with Crippen LogP contribution in [0.15, 0.2) is 64.7 Å². The summed E-state index contributed by atoms with van der Waals surface area (Å²) in [5, 5.41) is 5.18. The minimum Gasteiger partial charge on any atom is -0.285 e. The molecule has 2 aromatic heterocycles. The minimum atomic E-state index is -0.378. The predicted octanol–water partition coefficient (Wildman–Crippen LogP) is 4.17. The highest BCUT2D eigenvalue weighted by molar-refractivity contribution is 7.98. The van der Waals surface area contributed by atoms with Gasteiger partial charge in [0.05, 0.1) is 6.20 Å². The maximum absolute atomic E-state index is 13.3. The van der Waals surface area contributed by atoms with Crippen LogP contribution in [0.3, 0.4) is 0 Å². The van der Waals surface area contributed by atoms with Gasteiger partial charge in [0.2, 0.25) is 0 Å². The van der Waals surface area contributed by atoms with Gasteiger partial charge in [-0.25, -0.2) is 14.2 Å². The molecule has 4 rings (SSSR count). The third-order valence-corrected chi connectivity index (χ3v) is 4.97. The minimum absolute atomic E-state index is 0.291. The second-order valence-electron chi connectivity index (χ2n) is 5.57. The van der Waals surface area contributed by atoms with Crippen LogP contribution >= 0.6 is 23.4 Å². The van der Waals surface area contributed by atoms with E-state index in [1.165, 1.54) is 28.4 Å². The summed E-state index contributed by atoms with van der Waals surface area (Å²) in [6, 6.07) is 13.6. The van der Waals surface area contributed by atoms with E-state index in [4.69, 9.17) is 11.6 Å². The highest BCUT2D eigenvalue weighted by Gasteiger charge is 2.12. The van der Waals surface area contributed by atoms with Crippen LogP contribution in [-0.4, -0.2) is 19.6 Å². The lowest BCUT2D eigenvalue weighted by atomic mass is 10.1. The van der Waals surface area contributed by atoms with Crippen LogP contribution in [-0.2, 0) is 5.75 Å². The van der Waals surface area contributed by atoms with Crippen molar-refractivity contribution >= 4 is 29.0 Å². The summed E-state index contributed by atoms with van der Waals surface area (Å²) >= 11 is 7.26. The summed E-state index contributed by atoms with van der Waals surface area (Å²) < 4.78 is 14.5. The summed E-state index contributed by atoms with van der Waals surface area (Å²) in [5.41, 5.74) is 2.49. The Balaban J connectivity index is 1.69. The molecule has 8 heteroatoms. The van der Waals surface area contributed by atoms with Crippen molar-refractivity contribution in [1.82, 2.24) is 19.6 Å². The Kier molecular flexibility index (Phi) is 4.48. The molecule has 0 unspecified atom stereocenters. The molecule has 5 nitrogen and oxygen atoms in total. The highest BCUT2D eigenvalue weighted by atomic mass is 35.5. The zero-order valence-corrected chi connectivity index (χ0v) is 14.9. The monoisotopic (exact) mass is 386 g/mol. The van der Waals surface area contributed by atoms with E-state index < -0.39 is 0 Å². The van der Waals surface area contributed by atoms with Gasteiger partial charge in [-0.15, -0.1) is 0 Å². The maximum Gasteiger partial charge on any atom is 0.350 e. The first-order valence-electron chi connectivity index (χ1n) is 7.71. The number of hydrogen-bond donors (Lipinski definition) is 1. The van der Waals surface area contributed by atoms with Crippen molar-refractivity contribution < 1.29 is 4.39 Å². The molecule has 0 aliphatic heterocycles. The second kappa shape index (κ2) is 6.93. The van der Waals surface area contributed by atoms with Crippen LogP contribution in [0.25, 0.3) is 16.8 Å². The third-order valence-electron chi connectivity index (χ3n) is 3.78. The second-order valence-corrected chi connectivity index (χ2v) is 6.97. The number of rotatable bonds is 4. The molecule has 0 amide bonds. The van der Waals surface area contributed by atoms with Crippen LogP contribution in [0.4, 0.5) is 4.39 Å². The Hall–Kier alpha value is -2.64. The van der Waals surface area contributed by atoms with Crippen LogP contribution in [0.1, 0.15) is 5.56 Å². The van der Waals surface area contributed by atoms with Gasteiger partial charge in [-0.3, -0.25) is 4.98 Å². The Morgan fingerprint density at radius 1 is 1.19 bits per heavy atom. The van der Waals surface area contributed by atoms with Crippen molar-refractivity contribution in [2.24, 2.45) is 0 Å². The lowest BCUT2D eigenvalue weighted by Crippen LogP contribution is -2.19. The standard InChI is InChI=1S/C18H12ClFN4OS/c19-13-6-4-12(5-7-13)15-9-21-24-16(15)22-17(23-18(24)25)26-10-11-2-1-3-14(20)8-11/h1-9H,10H2,(H,22,23,25). The molecule has 0 saturated heterocycles. The molecule has 0 spiro atoms. The van der Waals surface area contributed by atoms with Crippen LogP contribution < -0.4 is 5.69 Å². The van der Waals surface area contributed by atoms with Crippen LogP contribution in [0, 0.1) is 5.82 Å². The average Bonchev–Trinajstić information content (AvgIpc) is 3.05. The van der Waals surface area contributed by atoms with E-state index >= 15 is 0 Å². The van der Waals surface area contributed by atoms with Crippen molar-refractivity contribution in [3.05, 3.63) is 81.6 Å². The number of benzene rings is 2. The molecule has 26 heavy (non-hydrogen) atoms. The van der Waals surface area contributed by atoms with Gasteiger partial charge in [0.1, 0.15) is 5.82 Å². The fourth-order valence-corrected chi connectivity index (χ4v) is 3.47. The van der Waals surface area contributed by atoms with Gasteiger partial charge in [0.25, 0.3) is 0 Å². The molecule has 0 aliphatic carbocycles. The van der Waals surface area contributed by atoms with Gasteiger partial charge in [0.15, 0.2) is 10.8 Å². The molecule has 2 aromatic carbocycles. The SMILES string of the molecule is O=c1[nH]c(SCc2cccc(F)c2)nc2c(-c3ccc(Cl)cc3)cnn12. The first-order valence-corrected chi connectivity index (χ1v) is 9.08. The van der Waals surface area contributed by atoms with E-state index in [1.807, 2.05) is 18.2 Å². The van der Waals surface area contributed by atoms with Crippen molar-refractivity contribution in [1.29, 1.82) is 0 Å². The van der Waals surface area contributed by atoms with E-state index in [-0.39, 0.29) is 11.5 Å². The molecule has 4 aromatic rings. The molecule has 1 N–H and O–H groups in total. The summed E-state index contributed by atoms with van der Waals surface area (Å²) in [6.07, 6.45) is 1.60. The van der Waals surface area contributed by atoms with Crippen molar-refractivity contribution in [3.8, 4) is 11.1 Å². The van der Waals surface area contributed by atoms with Crippen molar-refractivity contribution in [2.45, 2.75) is 10.9 Å². The molecule has 0 fully saturated rings. The summed E-state index contributed by atoms with van der Waals surface area (Å²) in [6.45, 7) is 0.